The molecule has 0 aromatic heterocycles. The molecule has 0 aliphatic carbocycles. The zero-order valence-corrected chi connectivity index (χ0v) is 22.6. The first-order chi connectivity index (χ1) is 16.4. The van der Waals surface area contributed by atoms with E-state index in [9.17, 15) is 18.0 Å². The summed E-state index contributed by atoms with van der Waals surface area (Å²) in [5.74, 6) is -0.601. The number of halogens is 1. The van der Waals surface area contributed by atoms with Gasteiger partial charge in [-0.25, -0.2) is 8.42 Å². The molecule has 0 fully saturated rings. The smallest absolute Gasteiger partial charge is 0.244 e. The third-order valence-electron chi connectivity index (χ3n) is 5.73. The van der Waals surface area contributed by atoms with Crippen LogP contribution in [0.4, 0.5) is 5.69 Å². The maximum Gasteiger partial charge on any atom is 0.244 e. The summed E-state index contributed by atoms with van der Waals surface area (Å²) < 4.78 is 31.7. The minimum atomic E-state index is -3.90. The fourth-order valence-corrected chi connectivity index (χ4v) is 4.40. The summed E-state index contributed by atoms with van der Waals surface area (Å²) in [7, 11) is -2.49. The quantitative estimate of drug-likeness (QED) is 0.484. The van der Waals surface area contributed by atoms with Gasteiger partial charge in [-0.15, -0.1) is 0 Å². The first-order valence-corrected chi connectivity index (χ1v) is 13.6. The molecular formula is C25H34ClN3O5S. The van der Waals surface area contributed by atoms with Gasteiger partial charge < -0.3 is 15.0 Å². The fourth-order valence-electron chi connectivity index (χ4n) is 3.39. The Balaban J connectivity index is 2.45. The molecule has 0 aliphatic heterocycles. The van der Waals surface area contributed by atoms with Gasteiger partial charge in [-0.05, 0) is 51.0 Å². The molecule has 10 heteroatoms. The van der Waals surface area contributed by atoms with E-state index in [4.69, 9.17) is 16.3 Å². The van der Waals surface area contributed by atoms with Gasteiger partial charge in [0.25, 0.3) is 0 Å². The van der Waals surface area contributed by atoms with E-state index in [1.54, 1.807) is 13.0 Å². The lowest BCUT2D eigenvalue weighted by atomic mass is 10.1. The third kappa shape index (κ3) is 7.86. The number of ether oxygens (including phenoxy) is 1. The monoisotopic (exact) mass is 523 g/mol. The van der Waals surface area contributed by atoms with Crippen molar-refractivity contribution in [3.8, 4) is 5.75 Å². The van der Waals surface area contributed by atoms with Gasteiger partial charge >= 0.3 is 0 Å². The first kappa shape index (κ1) is 28.5. The van der Waals surface area contributed by atoms with Gasteiger partial charge in [0.05, 0.1) is 19.1 Å². The standard InChI is InChI=1S/C25H34ClN3O5S/c1-7-18(3)27-25(31)19(4)28(15-20-10-8-17(2)9-11-20)24(30)16-29(35(6,32)33)22-14-21(26)12-13-23(22)34-5/h8-14,18-19H,7,15-16H2,1-6H3,(H,27,31). The lowest BCUT2D eigenvalue weighted by Crippen LogP contribution is -2.52. The zero-order chi connectivity index (χ0) is 26.3. The Labute approximate surface area is 213 Å². The summed E-state index contributed by atoms with van der Waals surface area (Å²) >= 11 is 6.12. The molecule has 2 unspecified atom stereocenters. The lowest BCUT2D eigenvalue weighted by Gasteiger charge is -2.32. The molecule has 2 rings (SSSR count). The summed E-state index contributed by atoms with van der Waals surface area (Å²) in [6, 6.07) is 11.2. The highest BCUT2D eigenvalue weighted by molar-refractivity contribution is 7.92. The molecule has 2 aromatic carbocycles. The van der Waals surface area contributed by atoms with Crippen LogP contribution in [0, 0.1) is 6.92 Å². The van der Waals surface area contributed by atoms with Crippen LogP contribution in [-0.2, 0) is 26.2 Å². The zero-order valence-electron chi connectivity index (χ0n) is 21.0. The number of anilines is 1. The van der Waals surface area contributed by atoms with Gasteiger partial charge in [-0.1, -0.05) is 48.4 Å². The number of methoxy groups -OCH3 is 1. The number of benzene rings is 2. The summed E-state index contributed by atoms with van der Waals surface area (Å²) in [6.07, 6.45) is 1.74. The van der Waals surface area contributed by atoms with Crippen LogP contribution < -0.4 is 14.4 Å². The van der Waals surface area contributed by atoms with Gasteiger partial charge in [-0.2, -0.15) is 0 Å². The van der Waals surface area contributed by atoms with Crippen LogP contribution in [0.3, 0.4) is 0 Å². The number of carbonyl (C=O) groups excluding carboxylic acids is 2. The Morgan fingerprint density at radius 2 is 1.74 bits per heavy atom. The first-order valence-electron chi connectivity index (χ1n) is 11.3. The van der Waals surface area contributed by atoms with E-state index >= 15 is 0 Å². The minimum absolute atomic E-state index is 0.0653. The number of carbonyl (C=O) groups is 2. The Hall–Kier alpha value is -2.78. The number of aryl methyl sites for hydroxylation is 1. The maximum absolute atomic E-state index is 13.6. The molecule has 8 nitrogen and oxygen atoms in total. The highest BCUT2D eigenvalue weighted by Gasteiger charge is 2.31. The fraction of sp³-hybridized carbons (Fsp3) is 0.440. The Kier molecular flexibility index (Phi) is 9.97. The molecule has 0 spiro atoms. The maximum atomic E-state index is 13.6. The molecular weight excluding hydrogens is 490 g/mol. The highest BCUT2D eigenvalue weighted by Crippen LogP contribution is 2.33. The summed E-state index contributed by atoms with van der Waals surface area (Å²) in [5, 5.41) is 3.19. The molecule has 2 aromatic rings. The molecule has 192 valence electrons. The number of hydrogen-bond donors (Lipinski definition) is 1. The summed E-state index contributed by atoms with van der Waals surface area (Å²) in [5.41, 5.74) is 2.02. The second-order valence-electron chi connectivity index (χ2n) is 8.59. The lowest BCUT2D eigenvalue weighted by molar-refractivity contribution is -0.139. The predicted molar refractivity (Wildman–Crippen MR) is 139 cm³/mol. The number of nitrogens with one attached hydrogen (secondary N) is 1. The minimum Gasteiger partial charge on any atom is -0.495 e. The molecule has 0 saturated carbocycles. The summed E-state index contributed by atoms with van der Waals surface area (Å²) in [4.78, 5) is 27.9. The van der Waals surface area contributed by atoms with Crippen LogP contribution >= 0.6 is 11.6 Å². The normalized spacial score (nSPS) is 13.0. The number of rotatable bonds is 11. The Morgan fingerprint density at radius 3 is 2.29 bits per heavy atom. The van der Waals surface area contributed by atoms with Crippen molar-refractivity contribution in [1.82, 2.24) is 10.2 Å². The van der Waals surface area contributed by atoms with Crippen molar-refractivity contribution in [3.63, 3.8) is 0 Å². The molecule has 1 N–H and O–H groups in total. The number of hydrogen-bond acceptors (Lipinski definition) is 5. The van der Waals surface area contributed by atoms with Crippen LogP contribution in [-0.4, -0.2) is 57.1 Å². The van der Waals surface area contributed by atoms with Crippen molar-refractivity contribution in [2.75, 3.05) is 24.2 Å². The molecule has 0 aliphatic rings. The predicted octanol–water partition coefficient (Wildman–Crippen LogP) is 3.76. The summed E-state index contributed by atoms with van der Waals surface area (Å²) in [6.45, 7) is 7.04. The Morgan fingerprint density at radius 1 is 1.11 bits per heavy atom. The topological polar surface area (TPSA) is 96.0 Å². The molecule has 35 heavy (non-hydrogen) atoms. The van der Waals surface area contributed by atoms with Crippen LogP contribution in [0.5, 0.6) is 5.75 Å². The van der Waals surface area contributed by atoms with Crippen molar-refractivity contribution < 1.29 is 22.7 Å². The number of nitrogens with zero attached hydrogens (tertiary/aromatic N) is 2. The second kappa shape index (κ2) is 12.3. The van der Waals surface area contributed by atoms with Crippen LogP contribution in [0.25, 0.3) is 0 Å². The average molecular weight is 524 g/mol. The van der Waals surface area contributed by atoms with E-state index in [0.717, 1.165) is 28.1 Å². The van der Waals surface area contributed by atoms with E-state index in [-0.39, 0.29) is 29.9 Å². The molecule has 0 radical (unpaired) electrons. The second-order valence-corrected chi connectivity index (χ2v) is 10.9. The van der Waals surface area contributed by atoms with Crippen LogP contribution in [0.2, 0.25) is 5.02 Å². The van der Waals surface area contributed by atoms with Crippen LogP contribution in [0.1, 0.15) is 38.3 Å². The van der Waals surface area contributed by atoms with Crippen molar-refractivity contribution in [3.05, 3.63) is 58.6 Å². The van der Waals surface area contributed by atoms with E-state index < -0.39 is 28.5 Å². The molecule has 0 saturated heterocycles. The van der Waals surface area contributed by atoms with Gasteiger partial charge in [0.15, 0.2) is 0 Å². The third-order valence-corrected chi connectivity index (χ3v) is 7.09. The van der Waals surface area contributed by atoms with E-state index in [0.29, 0.717) is 5.02 Å². The van der Waals surface area contributed by atoms with Gasteiger partial charge in [-0.3, -0.25) is 13.9 Å². The Bertz CT molecular complexity index is 1140. The molecule has 2 atom stereocenters. The van der Waals surface area contributed by atoms with E-state index in [2.05, 4.69) is 5.32 Å². The van der Waals surface area contributed by atoms with E-state index in [1.807, 2.05) is 45.0 Å². The van der Waals surface area contributed by atoms with Gasteiger partial charge in [0, 0.05) is 17.6 Å². The van der Waals surface area contributed by atoms with Crippen molar-refractivity contribution in [1.29, 1.82) is 0 Å². The highest BCUT2D eigenvalue weighted by atomic mass is 35.5. The largest absolute Gasteiger partial charge is 0.495 e. The number of sulfonamides is 1. The number of amides is 2. The van der Waals surface area contributed by atoms with Crippen molar-refractivity contribution in [2.24, 2.45) is 0 Å². The van der Waals surface area contributed by atoms with Gasteiger partial charge in [0.2, 0.25) is 21.8 Å². The molecule has 0 bridgehead atoms. The van der Waals surface area contributed by atoms with E-state index in [1.165, 1.54) is 24.1 Å². The van der Waals surface area contributed by atoms with Gasteiger partial charge in [0.1, 0.15) is 18.3 Å². The van der Waals surface area contributed by atoms with Crippen LogP contribution in [0.15, 0.2) is 42.5 Å². The van der Waals surface area contributed by atoms with Crippen molar-refractivity contribution >= 4 is 39.1 Å². The average Bonchev–Trinajstić information content (AvgIpc) is 2.80. The molecule has 0 heterocycles. The van der Waals surface area contributed by atoms with Crippen molar-refractivity contribution in [2.45, 2.75) is 52.7 Å². The molecule has 2 amide bonds. The SMILES string of the molecule is CCC(C)NC(=O)C(C)N(Cc1ccc(C)cc1)C(=O)CN(c1cc(Cl)ccc1OC)S(C)(=O)=O.